The second-order valence-electron chi connectivity index (χ2n) is 7.29. The molecule has 164 valence electrons. The number of carbonyl (C=O) groups is 1. The van der Waals surface area contributed by atoms with Gasteiger partial charge in [-0.25, -0.2) is 13.8 Å². The van der Waals surface area contributed by atoms with Gasteiger partial charge in [-0.05, 0) is 36.8 Å². The van der Waals surface area contributed by atoms with Gasteiger partial charge >= 0.3 is 0 Å². The summed E-state index contributed by atoms with van der Waals surface area (Å²) in [6.45, 7) is 3.79. The summed E-state index contributed by atoms with van der Waals surface area (Å²) >= 11 is 0. The number of sulfonamides is 1. The van der Waals surface area contributed by atoms with E-state index in [2.05, 4.69) is 10.5 Å². The van der Waals surface area contributed by atoms with Crippen LogP contribution in [-0.4, -0.2) is 62.5 Å². The monoisotopic (exact) mass is 446 g/mol. The smallest absolute Gasteiger partial charge is 0.295 e. The van der Waals surface area contributed by atoms with Crippen LogP contribution < -0.4 is 10.3 Å². The average molecular weight is 447 g/mol. The predicted molar refractivity (Wildman–Crippen MR) is 114 cm³/mol. The summed E-state index contributed by atoms with van der Waals surface area (Å²) in [6.07, 6.45) is 1.41. The van der Waals surface area contributed by atoms with Crippen LogP contribution in [0.1, 0.15) is 11.1 Å². The van der Waals surface area contributed by atoms with Gasteiger partial charge in [-0.3, -0.25) is 14.9 Å². The van der Waals surface area contributed by atoms with Crippen LogP contribution >= 0.6 is 0 Å². The minimum Gasteiger partial charge on any atom is -0.325 e. The Hall–Kier alpha value is -3.15. The summed E-state index contributed by atoms with van der Waals surface area (Å²) in [4.78, 5) is 23.5. The molecule has 0 spiro atoms. The van der Waals surface area contributed by atoms with E-state index in [-0.39, 0.29) is 23.0 Å². The van der Waals surface area contributed by atoms with Gasteiger partial charge in [0.25, 0.3) is 11.6 Å². The average Bonchev–Trinajstić information content (AvgIpc) is 2.75. The Labute approximate surface area is 180 Å². The van der Waals surface area contributed by atoms with E-state index in [1.807, 2.05) is 6.92 Å². The number of nitro benzene ring substituents is 1. The van der Waals surface area contributed by atoms with Gasteiger partial charge in [-0.2, -0.15) is 9.41 Å². The third-order valence-electron chi connectivity index (χ3n) is 5.01. The molecular formula is C20H24N5O5S+. The molecule has 0 radical (unpaired) electrons. The molecule has 31 heavy (non-hydrogen) atoms. The molecular weight excluding hydrogens is 422 g/mol. The van der Waals surface area contributed by atoms with Crippen LogP contribution in [0.4, 0.5) is 5.69 Å². The fourth-order valence-electron chi connectivity index (χ4n) is 3.21. The maximum atomic E-state index is 12.7. The molecule has 0 saturated carbocycles. The lowest BCUT2D eigenvalue weighted by Gasteiger charge is -2.31. The van der Waals surface area contributed by atoms with Crippen LogP contribution in [0.2, 0.25) is 0 Å². The van der Waals surface area contributed by atoms with Crippen molar-refractivity contribution in [2.24, 2.45) is 5.10 Å². The van der Waals surface area contributed by atoms with E-state index in [4.69, 9.17) is 0 Å². The Bertz CT molecular complexity index is 1060. The first-order valence-electron chi connectivity index (χ1n) is 9.72. The SMILES string of the molecule is Cc1ccc(S(=O)(=O)N2CC[NH+](CC(=O)N/N=C\c3ccc([N+](=O)[O-])cc3)CC2)cc1. The Kier molecular flexibility index (Phi) is 7.10. The summed E-state index contributed by atoms with van der Waals surface area (Å²) in [7, 11) is -3.53. The van der Waals surface area contributed by atoms with Gasteiger partial charge < -0.3 is 4.90 Å². The topological polar surface area (TPSA) is 126 Å². The van der Waals surface area contributed by atoms with E-state index in [1.165, 1.54) is 34.8 Å². The molecule has 0 aliphatic carbocycles. The molecule has 1 amide bonds. The zero-order valence-electron chi connectivity index (χ0n) is 17.0. The minimum atomic E-state index is -3.53. The summed E-state index contributed by atoms with van der Waals surface area (Å²) < 4.78 is 26.9. The Balaban J connectivity index is 1.46. The molecule has 2 aromatic carbocycles. The largest absolute Gasteiger partial charge is 0.325 e. The van der Waals surface area contributed by atoms with Gasteiger partial charge in [0.15, 0.2) is 6.54 Å². The molecule has 3 rings (SSSR count). The summed E-state index contributed by atoms with van der Waals surface area (Å²) in [5.41, 5.74) is 4.03. The van der Waals surface area contributed by atoms with Crippen molar-refractivity contribution in [2.45, 2.75) is 11.8 Å². The minimum absolute atomic E-state index is 0.0201. The van der Waals surface area contributed by atoms with Crippen LogP contribution in [0, 0.1) is 17.0 Å². The van der Waals surface area contributed by atoms with Crippen molar-refractivity contribution >= 4 is 27.8 Å². The molecule has 1 saturated heterocycles. The van der Waals surface area contributed by atoms with Gasteiger partial charge in [-0.15, -0.1) is 0 Å². The van der Waals surface area contributed by atoms with E-state index < -0.39 is 14.9 Å². The number of piperazine rings is 1. The number of nitrogens with one attached hydrogen (secondary N) is 2. The molecule has 2 aromatic rings. The molecule has 1 aliphatic heterocycles. The first-order chi connectivity index (χ1) is 14.8. The Morgan fingerprint density at radius 1 is 1.16 bits per heavy atom. The zero-order valence-corrected chi connectivity index (χ0v) is 17.8. The molecule has 1 aliphatic rings. The van der Waals surface area contributed by atoms with Crippen LogP contribution in [0.15, 0.2) is 58.5 Å². The number of benzene rings is 2. The van der Waals surface area contributed by atoms with Crippen LogP contribution in [0.5, 0.6) is 0 Å². The first-order valence-corrected chi connectivity index (χ1v) is 11.2. The quantitative estimate of drug-likeness (QED) is 0.350. The molecule has 0 bridgehead atoms. The van der Waals surface area contributed by atoms with E-state index in [1.54, 1.807) is 24.3 Å². The normalized spacial score (nSPS) is 15.8. The lowest BCUT2D eigenvalue weighted by atomic mass is 10.2. The number of amides is 1. The number of nitro groups is 1. The van der Waals surface area contributed by atoms with Crippen molar-refractivity contribution < 1.29 is 23.0 Å². The first kappa shape index (κ1) is 22.5. The second kappa shape index (κ2) is 9.77. The maximum Gasteiger partial charge on any atom is 0.295 e. The van der Waals surface area contributed by atoms with E-state index in [0.29, 0.717) is 31.7 Å². The molecule has 11 heteroatoms. The van der Waals surface area contributed by atoms with Crippen molar-refractivity contribution in [2.75, 3.05) is 32.7 Å². The van der Waals surface area contributed by atoms with Gasteiger partial charge in [-0.1, -0.05) is 17.7 Å². The van der Waals surface area contributed by atoms with Crippen LogP contribution in [0.3, 0.4) is 0 Å². The number of hydrogen-bond acceptors (Lipinski definition) is 6. The zero-order chi connectivity index (χ0) is 22.4. The standard InChI is InChI=1S/C20H23N5O5S/c1-16-2-8-19(9-3-16)31(29,30)24-12-10-23(11-13-24)15-20(26)22-21-14-17-4-6-18(7-5-17)25(27)28/h2-9,14H,10-13,15H2,1H3,(H,22,26)/p+1/b21-14-. The number of rotatable bonds is 7. The number of hydrazone groups is 1. The molecule has 0 atom stereocenters. The molecule has 10 nitrogen and oxygen atoms in total. The Morgan fingerprint density at radius 2 is 1.77 bits per heavy atom. The number of hydrogen-bond donors (Lipinski definition) is 2. The highest BCUT2D eigenvalue weighted by atomic mass is 32.2. The molecule has 1 fully saturated rings. The molecule has 0 aromatic heterocycles. The molecule has 1 heterocycles. The predicted octanol–water partition coefficient (Wildman–Crippen LogP) is -0.0573. The second-order valence-corrected chi connectivity index (χ2v) is 9.22. The number of quaternary nitrogens is 1. The summed E-state index contributed by atoms with van der Waals surface area (Å²) in [5, 5.41) is 14.5. The van der Waals surface area contributed by atoms with Crippen molar-refractivity contribution in [3.8, 4) is 0 Å². The third-order valence-corrected chi connectivity index (χ3v) is 6.92. The summed E-state index contributed by atoms with van der Waals surface area (Å²) in [5.74, 6) is -0.289. The highest BCUT2D eigenvalue weighted by molar-refractivity contribution is 7.89. The van der Waals surface area contributed by atoms with Crippen molar-refractivity contribution in [3.05, 3.63) is 69.8 Å². The van der Waals surface area contributed by atoms with Gasteiger partial charge in [0, 0.05) is 12.1 Å². The van der Waals surface area contributed by atoms with Crippen LogP contribution in [-0.2, 0) is 14.8 Å². The lowest BCUT2D eigenvalue weighted by Crippen LogP contribution is -3.15. The van der Waals surface area contributed by atoms with E-state index >= 15 is 0 Å². The van der Waals surface area contributed by atoms with Gasteiger partial charge in [0.2, 0.25) is 10.0 Å². The highest BCUT2D eigenvalue weighted by Crippen LogP contribution is 2.16. The lowest BCUT2D eigenvalue weighted by molar-refractivity contribution is -0.895. The number of aryl methyl sites for hydroxylation is 1. The van der Waals surface area contributed by atoms with Gasteiger partial charge in [0.05, 0.1) is 42.2 Å². The number of nitrogens with zero attached hydrogens (tertiary/aromatic N) is 3. The Morgan fingerprint density at radius 3 is 2.35 bits per heavy atom. The summed E-state index contributed by atoms with van der Waals surface area (Å²) in [6, 6.07) is 12.6. The maximum absolute atomic E-state index is 12.7. The van der Waals surface area contributed by atoms with Crippen molar-refractivity contribution in [1.29, 1.82) is 0 Å². The molecule has 0 unspecified atom stereocenters. The number of non-ortho nitro benzene ring substituents is 1. The number of carbonyl (C=O) groups excluding carboxylic acids is 1. The van der Waals surface area contributed by atoms with Crippen LogP contribution in [0.25, 0.3) is 0 Å². The van der Waals surface area contributed by atoms with E-state index in [0.717, 1.165) is 10.5 Å². The molecule has 2 N–H and O–H groups in total. The fraction of sp³-hybridized carbons (Fsp3) is 0.300. The third kappa shape index (κ3) is 5.94. The fourth-order valence-corrected chi connectivity index (χ4v) is 4.65. The highest BCUT2D eigenvalue weighted by Gasteiger charge is 2.31. The van der Waals surface area contributed by atoms with Gasteiger partial charge in [0.1, 0.15) is 0 Å². The van der Waals surface area contributed by atoms with Crippen molar-refractivity contribution in [3.63, 3.8) is 0 Å². The van der Waals surface area contributed by atoms with Crippen molar-refractivity contribution in [1.82, 2.24) is 9.73 Å². The van der Waals surface area contributed by atoms with E-state index in [9.17, 15) is 23.3 Å².